The number of halogens is 2. The molecule has 0 aliphatic rings. The lowest BCUT2D eigenvalue weighted by atomic mass is 9.91. The fourth-order valence-corrected chi connectivity index (χ4v) is 1.51. The van der Waals surface area contributed by atoms with E-state index in [4.69, 9.17) is 16.7 Å². The van der Waals surface area contributed by atoms with Gasteiger partial charge in [-0.05, 0) is 31.0 Å². The summed E-state index contributed by atoms with van der Waals surface area (Å²) in [7, 11) is 0. The van der Waals surface area contributed by atoms with Crippen LogP contribution in [0.1, 0.15) is 25.3 Å². The second-order valence-corrected chi connectivity index (χ2v) is 4.20. The first-order chi connectivity index (χ1) is 7.33. The maximum Gasteiger partial charge on any atom is 0.303 e. The molecule has 16 heavy (non-hydrogen) atoms. The van der Waals surface area contributed by atoms with Gasteiger partial charge in [0.2, 0.25) is 0 Å². The Hall–Kier alpha value is -1.13. The van der Waals surface area contributed by atoms with Gasteiger partial charge in [0.05, 0.1) is 10.6 Å². The monoisotopic (exact) mass is 246 g/mol. The third-order valence-electron chi connectivity index (χ3n) is 2.37. The van der Waals surface area contributed by atoms with Crippen molar-refractivity contribution in [3.63, 3.8) is 0 Å². The quantitative estimate of drug-likeness (QED) is 0.858. The van der Waals surface area contributed by atoms with E-state index < -0.39 is 17.4 Å². The highest BCUT2D eigenvalue weighted by Crippen LogP contribution is 2.28. The molecule has 0 bridgehead atoms. The average molecular weight is 247 g/mol. The topological polar surface area (TPSA) is 57.5 Å². The molecular weight excluding hydrogens is 235 g/mol. The zero-order valence-corrected chi connectivity index (χ0v) is 9.46. The average Bonchev–Trinajstić information content (AvgIpc) is 2.19. The van der Waals surface area contributed by atoms with E-state index in [0.29, 0.717) is 5.56 Å². The van der Waals surface area contributed by atoms with E-state index in [0.717, 1.165) is 6.07 Å². The van der Waals surface area contributed by atoms with Gasteiger partial charge in [-0.25, -0.2) is 4.39 Å². The summed E-state index contributed by atoms with van der Waals surface area (Å²) in [6, 6.07) is 3.84. The van der Waals surface area contributed by atoms with Gasteiger partial charge in [-0.15, -0.1) is 0 Å². The number of carbonyl (C=O) groups is 1. The number of benzene rings is 1. The first-order valence-electron chi connectivity index (χ1n) is 4.72. The molecule has 0 saturated heterocycles. The second-order valence-electron chi connectivity index (χ2n) is 3.80. The molecule has 3 nitrogen and oxygen atoms in total. The molecule has 0 heterocycles. The number of carboxylic acids is 1. The number of aliphatic hydroxyl groups is 1. The Morgan fingerprint density at radius 1 is 1.56 bits per heavy atom. The number of hydrogen-bond acceptors (Lipinski definition) is 2. The number of hydrogen-bond donors (Lipinski definition) is 2. The Kier molecular flexibility index (Phi) is 3.88. The minimum absolute atomic E-state index is 0.0459. The first-order valence-corrected chi connectivity index (χ1v) is 5.10. The smallest absolute Gasteiger partial charge is 0.303 e. The van der Waals surface area contributed by atoms with Crippen molar-refractivity contribution < 1.29 is 19.4 Å². The molecule has 0 amide bonds. The molecule has 0 aliphatic heterocycles. The van der Waals surface area contributed by atoms with Gasteiger partial charge in [-0.3, -0.25) is 4.79 Å². The van der Waals surface area contributed by atoms with E-state index in [1.165, 1.54) is 19.1 Å². The van der Waals surface area contributed by atoms with E-state index in [-0.39, 0.29) is 17.9 Å². The highest BCUT2D eigenvalue weighted by molar-refractivity contribution is 6.30. The van der Waals surface area contributed by atoms with Crippen molar-refractivity contribution in [2.24, 2.45) is 0 Å². The maximum absolute atomic E-state index is 12.9. The zero-order chi connectivity index (χ0) is 12.3. The fraction of sp³-hybridized carbons (Fsp3) is 0.364. The van der Waals surface area contributed by atoms with Gasteiger partial charge in [-0.2, -0.15) is 0 Å². The SMILES string of the molecule is CC(O)(CCC(=O)O)c1ccc(F)c(Cl)c1. The molecule has 1 aromatic rings. The third kappa shape index (κ3) is 3.18. The lowest BCUT2D eigenvalue weighted by Crippen LogP contribution is -2.22. The van der Waals surface area contributed by atoms with E-state index in [2.05, 4.69) is 0 Å². The normalized spacial score (nSPS) is 14.5. The van der Waals surface area contributed by atoms with Crippen molar-refractivity contribution in [3.8, 4) is 0 Å². The van der Waals surface area contributed by atoms with E-state index in [1.807, 2.05) is 0 Å². The Morgan fingerprint density at radius 2 is 2.19 bits per heavy atom. The summed E-state index contributed by atoms with van der Waals surface area (Å²) in [5.74, 6) is -1.56. The molecule has 0 radical (unpaired) electrons. The van der Waals surface area contributed by atoms with Gasteiger partial charge < -0.3 is 10.2 Å². The summed E-state index contributed by atoms with van der Waals surface area (Å²) in [4.78, 5) is 10.4. The van der Waals surface area contributed by atoms with Crippen LogP contribution in [0.4, 0.5) is 4.39 Å². The highest BCUT2D eigenvalue weighted by Gasteiger charge is 2.24. The molecule has 1 atom stereocenters. The summed E-state index contributed by atoms with van der Waals surface area (Å²) >= 11 is 5.58. The molecular formula is C11H12ClFO3. The summed E-state index contributed by atoms with van der Waals surface area (Å²) in [6.45, 7) is 1.47. The Morgan fingerprint density at radius 3 is 2.69 bits per heavy atom. The molecule has 1 aromatic carbocycles. The van der Waals surface area contributed by atoms with Crippen molar-refractivity contribution in [2.45, 2.75) is 25.4 Å². The third-order valence-corrected chi connectivity index (χ3v) is 2.66. The van der Waals surface area contributed by atoms with E-state index in [9.17, 15) is 14.3 Å². The minimum Gasteiger partial charge on any atom is -0.481 e. The Balaban J connectivity index is 2.88. The van der Waals surface area contributed by atoms with Crippen molar-refractivity contribution in [1.29, 1.82) is 0 Å². The van der Waals surface area contributed by atoms with Crippen LogP contribution in [-0.4, -0.2) is 16.2 Å². The molecule has 88 valence electrons. The fourth-order valence-electron chi connectivity index (χ4n) is 1.33. The highest BCUT2D eigenvalue weighted by atomic mass is 35.5. The molecule has 0 aromatic heterocycles. The number of rotatable bonds is 4. The largest absolute Gasteiger partial charge is 0.481 e. The second kappa shape index (κ2) is 4.80. The summed E-state index contributed by atoms with van der Waals surface area (Å²) in [5.41, 5.74) is -0.921. The van der Waals surface area contributed by atoms with Gasteiger partial charge in [0, 0.05) is 6.42 Å². The predicted octanol–water partition coefficient (Wildman–Crippen LogP) is 2.55. The molecule has 2 N–H and O–H groups in total. The summed E-state index contributed by atoms with van der Waals surface area (Å²) in [6.07, 6.45) is -0.119. The van der Waals surface area contributed by atoms with Crippen molar-refractivity contribution in [1.82, 2.24) is 0 Å². The molecule has 0 fully saturated rings. The van der Waals surface area contributed by atoms with Gasteiger partial charge in [-0.1, -0.05) is 17.7 Å². The molecule has 0 saturated carbocycles. The van der Waals surface area contributed by atoms with Crippen LogP contribution in [0.2, 0.25) is 5.02 Å². The molecule has 0 spiro atoms. The van der Waals surface area contributed by atoms with Crippen LogP contribution in [0.25, 0.3) is 0 Å². The Labute approximate surface area is 97.5 Å². The molecule has 0 aliphatic carbocycles. The number of aliphatic carboxylic acids is 1. The lowest BCUT2D eigenvalue weighted by molar-refractivity contribution is -0.138. The summed E-state index contributed by atoms with van der Waals surface area (Å²) < 4.78 is 12.9. The minimum atomic E-state index is -1.32. The van der Waals surface area contributed by atoms with Gasteiger partial charge >= 0.3 is 5.97 Å². The Bertz CT molecular complexity index is 404. The van der Waals surface area contributed by atoms with Crippen LogP contribution < -0.4 is 0 Å². The summed E-state index contributed by atoms with van der Waals surface area (Å²) in [5, 5.41) is 18.4. The van der Waals surface area contributed by atoms with Crippen molar-refractivity contribution in [2.75, 3.05) is 0 Å². The zero-order valence-electron chi connectivity index (χ0n) is 8.70. The van der Waals surface area contributed by atoms with Gasteiger partial charge in [0.15, 0.2) is 0 Å². The molecule has 5 heteroatoms. The maximum atomic E-state index is 12.9. The van der Waals surface area contributed by atoms with Crippen LogP contribution >= 0.6 is 11.6 Å². The molecule has 1 unspecified atom stereocenters. The van der Waals surface area contributed by atoms with Crippen LogP contribution in [0.15, 0.2) is 18.2 Å². The predicted molar refractivity (Wildman–Crippen MR) is 57.9 cm³/mol. The van der Waals surface area contributed by atoms with E-state index >= 15 is 0 Å². The van der Waals surface area contributed by atoms with Crippen LogP contribution in [0.5, 0.6) is 0 Å². The van der Waals surface area contributed by atoms with Crippen LogP contribution in [0, 0.1) is 5.82 Å². The first kappa shape index (κ1) is 12.9. The van der Waals surface area contributed by atoms with Crippen molar-refractivity contribution in [3.05, 3.63) is 34.6 Å². The molecule has 1 rings (SSSR count). The number of carboxylic acid groups (broad SMARTS) is 1. The van der Waals surface area contributed by atoms with Gasteiger partial charge in [0.25, 0.3) is 0 Å². The van der Waals surface area contributed by atoms with E-state index in [1.54, 1.807) is 0 Å². The van der Waals surface area contributed by atoms with Crippen LogP contribution in [0.3, 0.4) is 0 Å². The van der Waals surface area contributed by atoms with Gasteiger partial charge in [0.1, 0.15) is 5.82 Å². The standard InChI is InChI=1S/C11H12ClFO3/c1-11(16,5-4-10(14)15)7-2-3-9(13)8(12)6-7/h2-3,6,16H,4-5H2,1H3,(H,14,15). The lowest BCUT2D eigenvalue weighted by Gasteiger charge is -2.23. The van der Waals surface area contributed by atoms with Crippen molar-refractivity contribution >= 4 is 17.6 Å². The van der Waals surface area contributed by atoms with Crippen LogP contribution in [-0.2, 0) is 10.4 Å².